The van der Waals surface area contributed by atoms with E-state index in [-0.39, 0.29) is 0 Å². The van der Waals surface area contributed by atoms with Gasteiger partial charge in [-0.05, 0) is 23.1 Å². The first kappa shape index (κ1) is 11.8. The highest BCUT2D eigenvalue weighted by molar-refractivity contribution is 6.03. The van der Waals surface area contributed by atoms with Crippen molar-refractivity contribution in [3.63, 3.8) is 0 Å². The number of hydrogen-bond donors (Lipinski definition) is 0. The van der Waals surface area contributed by atoms with Gasteiger partial charge in [-0.2, -0.15) is 0 Å². The topological polar surface area (TPSA) is 3.24 Å². The van der Waals surface area contributed by atoms with Crippen molar-refractivity contribution in [1.29, 1.82) is 0 Å². The van der Waals surface area contributed by atoms with E-state index in [1.807, 2.05) is 12.2 Å². The van der Waals surface area contributed by atoms with Crippen LogP contribution in [0.5, 0.6) is 0 Å². The molecule has 0 fully saturated rings. The molecule has 1 heterocycles. The molecule has 19 heavy (non-hydrogen) atoms. The van der Waals surface area contributed by atoms with Gasteiger partial charge in [0.25, 0.3) is 0 Å². The van der Waals surface area contributed by atoms with Crippen molar-refractivity contribution in [2.45, 2.75) is 6.42 Å². The second-order valence-electron chi connectivity index (χ2n) is 4.75. The van der Waals surface area contributed by atoms with Crippen molar-refractivity contribution >= 4 is 22.5 Å². The smallest absolute Gasteiger partial charge is 0.0497 e. The van der Waals surface area contributed by atoms with Crippen LogP contribution in [0.2, 0.25) is 0 Å². The number of anilines is 1. The maximum atomic E-state index is 3.87. The monoisotopic (exact) mass is 247 g/mol. The fraction of sp³-hybridized carbons (Fsp3) is 0.111. The van der Waals surface area contributed by atoms with Gasteiger partial charge in [0.1, 0.15) is 0 Å². The first-order valence-electron chi connectivity index (χ1n) is 6.57. The van der Waals surface area contributed by atoms with Crippen LogP contribution in [0.3, 0.4) is 0 Å². The number of allylic oxidation sites excluding steroid dienone is 1. The van der Waals surface area contributed by atoms with Gasteiger partial charge in [-0.1, -0.05) is 42.5 Å². The van der Waals surface area contributed by atoms with Crippen LogP contribution in [0.4, 0.5) is 5.69 Å². The van der Waals surface area contributed by atoms with Gasteiger partial charge >= 0.3 is 0 Å². The van der Waals surface area contributed by atoms with E-state index in [4.69, 9.17) is 0 Å². The average Bonchev–Trinajstić information content (AvgIpc) is 2.43. The van der Waals surface area contributed by atoms with E-state index in [1.165, 1.54) is 27.7 Å². The summed E-state index contributed by atoms with van der Waals surface area (Å²) in [6.45, 7) is 8.56. The average molecular weight is 247 g/mol. The quantitative estimate of drug-likeness (QED) is 0.704. The molecule has 0 radical (unpaired) electrons. The zero-order valence-electron chi connectivity index (χ0n) is 11.0. The van der Waals surface area contributed by atoms with Gasteiger partial charge in [0.05, 0.1) is 0 Å². The lowest BCUT2D eigenvalue weighted by Gasteiger charge is -2.31. The molecule has 1 aliphatic rings. The molecule has 2 aromatic carbocycles. The van der Waals surface area contributed by atoms with Crippen molar-refractivity contribution in [3.05, 3.63) is 73.0 Å². The Kier molecular flexibility index (Phi) is 2.96. The van der Waals surface area contributed by atoms with Crippen LogP contribution < -0.4 is 4.90 Å². The van der Waals surface area contributed by atoms with Crippen LogP contribution in [-0.2, 0) is 0 Å². The molecule has 0 aromatic heterocycles. The molecule has 0 saturated carbocycles. The Balaban J connectivity index is 2.27. The van der Waals surface area contributed by atoms with Gasteiger partial charge in [0, 0.05) is 29.7 Å². The summed E-state index contributed by atoms with van der Waals surface area (Å²) in [5.74, 6) is 0. The van der Waals surface area contributed by atoms with Gasteiger partial charge in [0.15, 0.2) is 0 Å². The molecule has 0 bridgehead atoms. The van der Waals surface area contributed by atoms with Crippen molar-refractivity contribution in [3.8, 4) is 0 Å². The van der Waals surface area contributed by atoms with Crippen LogP contribution in [0.15, 0.2) is 67.4 Å². The summed E-state index contributed by atoms with van der Waals surface area (Å²) in [6.07, 6.45) is 7.04. The summed E-state index contributed by atoms with van der Waals surface area (Å²) in [6, 6.07) is 12.9. The molecule has 1 heteroatoms. The van der Waals surface area contributed by atoms with Crippen LogP contribution in [0.25, 0.3) is 16.8 Å². The summed E-state index contributed by atoms with van der Waals surface area (Å²) in [5, 5.41) is 2.62. The summed E-state index contributed by atoms with van der Waals surface area (Å²) in [5.41, 5.74) is 3.85. The summed E-state index contributed by atoms with van der Waals surface area (Å²) in [4.78, 5) is 2.32. The molecule has 2 aromatic rings. The Morgan fingerprint density at radius 2 is 1.79 bits per heavy atom. The minimum Gasteiger partial charge on any atom is -0.340 e. The SMILES string of the molecule is C=CCC1=Cc2cccc3cccc(c23)N1CC=C. The minimum absolute atomic E-state index is 0.827. The van der Waals surface area contributed by atoms with Crippen LogP contribution in [0, 0.1) is 0 Å². The van der Waals surface area contributed by atoms with E-state index in [2.05, 4.69) is 60.5 Å². The van der Waals surface area contributed by atoms with E-state index >= 15 is 0 Å². The largest absolute Gasteiger partial charge is 0.340 e. The van der Waals surface area contributed by atoms with Crippen molar-refractivity contribution < 1.29 is 0 Å². The van der Waals surface area contributed by atoms with Crippen molar-refractivity contribution in [1.82, 2.24) is 0 Å². The molecule has 0 N–H and O–H groups in total. The number of rotatable bonds is 4. The Bertz CT molecular complexity index is 674. The molecule has 0 aliphatic carbocycles. The standard InChI is InChI=1S/C18H17N/c1-3-7-16-13-15-10-5-8-14-9-6-11-17(18(14)15)19(16)12-4-2/h3-6,8-11,13H,1-2,7,12H2. The number of hydrogen-bond acceptors (Lipinski definition) is 1. The highest BCUT2D eigenvalue weighted by Gasteiger charge is 2.18. The van der Waals surface area contributed by atoms with E-state index in [0.29, 0.717) is 0 Å². The van der Waals surface area contributed by atoms with Gasteiger partial charge < -0.3 is 4.90 Å². The zero-order chi connectivity index (χ0) is 13.2. The molecule has 0 unspecified atom stereocenters. The molecule has 0 atom stereocenters. The predicted octanol–water partition coefficient (Wildman–Crippen LogP) is 4.76. The van der Waals surface area contributed by atoms with E-state index in [9.17, 15) is 0 Å². The predicted molar refractivity (Wildman–Crippen MR) is 84.3 cm³/mol. The molecular formula is C18H17N. The second kappa shape index (κ2) is 4.77. The van der Waals surface area contributed by atoms with Gasteiger partial charge in [0.2, 0.25) is 0 Å². The normalized spacial score (nSPS) is 13.3. The Morgan fingerprint density at radius 1 is 1.00 bits per heavy atom. The highest BCUT2D eigenvalue weighted by atomic mass is 15.1. The van der Waals surface area contributed by atoms with Gasteiger partial charge in [-0.15, -0.1) is 13.2 Å². The molecule has 0 amide bonds. The second-order valence-corrected chi connectivity index (χ2v) is 4.75. The lowest BCUT2D eigenvalue weighted by Crippen LogP contribution is -2.24. The summed E-state index contributed by atoms with van der Waals surface area (Å²) >= 11 is 0. The third-order valence-electron chi connectivity index (χ3n) is 3.54. The summed E-state index contributed by atoms with van der Waals surface area (Å²) in [7, 11) is 0. The van der Waals surface area contributed by atoms with E-state index in [1.54, 1.807) is 0 Å². The molecule has 1 nitrogen and oxygen atoms in total. The first-order chi connectivity index (χ1) is 9.35. The third-order valence-corrected chi connectivity index (χ3v) is 3.54. The molecule has 3 rings (SSSR count). The molecule has 1 aliphatic heterocycles. The fourth-order valence-corrected chi connectivity index (χ4v) is 2.77. The lowest BCUT2D eigenvalue weighted by atomic mass is 9.96. The van der Waals surface area contributed by atoms with Crippen LogP contribution in [-0.4, -0.2) is 6.54 Å². The lowest BCUT2D eigenvalue weighted by molar-refractivity contribution is 0.977. The van der Waals surface area contributed by atoms with E-state index < -0.39 is 0 Å². The van der Waals surface area contributed by atoms with Crippen LogP contribution >= 0.6 is 0 Å². The first-order valence-corrected chi connectivity index (χ1v) is 6.57. The number of nitrogens with zero attached hydrogens (tertiary/aromatic N) is 1. The Hall–Kier alpha value is -2.28. The molecule has 94 valence electrons. The maximum Gasteiger partial charge on any atom is 0.0497 e. The van der Waals surface area contributed by atoms with E-state index in [0.717, 1.165) is 13.0 Å². The van der Waals surface area contributed by atoms with Crippen molar-refractivity contribution in [2.75, 3.05) is 11.4 Å². The van der Waals surface area contributed by atoms with Gasteiger partial charge in [-0.3, -0.25) is 0 Å². The fourth-order valence-electron chi connectivity index (χ4n) is 2.77. The van der Waals surface area contributed by atoms with Gasteiger partial charge in [-0.25, -0.2) is 0 Å². The molecule has 0 saturated heterocycles. The van der Waals surface area contributed by atoms with Crippen molar-refractivity contribution in [2.24, 2.45) is 0 Å². The maximum absolute atomic E-state index is 3.87. The zero-order valence-corrected chi connectivity index (χ0v) is 11.0. The summed E-state index contributed by atoms with van der Waals surface area (Å²) < 4.78 is 0. The van der Waals surface area contributed by atoms with Crippen LogP contribution in [0.1, 0.15) is 12.0 Å². The Labute approximate surface area is 114 Å². The Morgan fingerprint density at radius 3 is 2.53 bits per heavy atom. The number of benzene rings is 2. The molecular weight excluding hydrogens is 230 g/mol. The minimum atomic E-state index is 0.827. The third kappa shape index (κ3) is 1.88. The molecule has 0 spiro atoms. The highest BCUT2D eigenvalue weighted by Crippen LogP contribution is 2.38.